The van der Waals surface area contributed by atoms with Gasteiger partial charge in [0.2, 0.25) is 10.0 Å². The van der Waals surface area contributed by atoms with E-state index in [9.17, 15) is 26.4 Å². The first-order chi connectivity index (χ1) is 18.1. The van der Waals surface area contributed by atoms with Gasteiger partial charge in [-0.05, 0) is 41.0 Å². The third-order valence-electron chi connectivity index (χ3n) is 5.84. The number of amides is 1. The Bertz CT molecular complexity index is 1680. The van der Waals surface area contributed by atoms with Crippen molar-refractivity contribution >= 4 is 27.8 Å². The molecule has 0 saturated carbocycles. The fourth-order valence-electron chi connectivity index (χ4n) is 4.14. The molecule has 38 heavy (non-hydrogen) atoms. The van der Waals surface area contributed by atoms with Gasteiger partial charge in [0.05, 0.1) is 16.8 Å². The predicted octanol–water partition coefficient (Wildman–Crippen LogP) is 3.89. The lowest BCUT2D eigenvalue weighted by Crippen LogP contribution is -2.17. The quantitative estimate of drug-likeness (QED) is 0.201. The van der Waals surface area contributed by atoms with Gasteiger partial charge in [-0.1, -0.05) is 42.5 Å². The maximum Gasteiger partial charge on any atom is 0.435 e. The molecule has 2 heterocycles. The number of carbonyl (C=O) groups is 1. The van der Waals surface area contributed by atoms with Gasteiger partial charge in [-0.2, -0.15) is 23.4 Å². The Morgan fingerprint density at radius 3 is 2.53 bits per heavy atom. The van der Waals surface area contributed by atoms with Gasteiger partial charge in [0, 0.05) is 23.9 Å². The maximum atomic E-state index is 13.4. The van der Waals surface area contributed by atoms with Gasteiger partial charge in [0.25, 0.3) is 5.91 Å². The van der Waals surface area contributed by atoms with E-state index in [-0.39, 0.29) is 28.5 Å². The molecule has 194 valence electrons. The van der Waals surface area contributed by atoms with Crippen molar-refractivity contribution in [2.75, 3.05) is 5.32 Å². The summed E-state index contributed by atoms with van der Waals surface area (Å²) < 4.78 is 68.6. The van der Waals surface area contributed by atoms with E-state index in [0.29, 0.717) is 28.3 Å². The van der Waals surface area contributed by atoms with Crippen LogP contribution in [0.15, 0.2) is 82.8 Å². The minimum atomic E-state index is -4.77. The predicted molar refractivity (Wildman–Crippen MR) is 134 cm³/mol. The second-order valence-corrected chi connectivity index (χ2v) is 10.1. The number of hydrazone groups is 1. The summed E-state index contributed by atoms with van der Waals surface area (Å²) in [5.74, 6) is 4.34. The van der Waals surface area contributed by atoms with Crippen molar-refractivity contribution < 1.29 is 26.4 Å². The van der Waals surface area contributed by atoms with Gasteiger partial charge in [-0.25, -0.2) is 17.8 Å². The topological polar surface area (TPSA) is 131 Å². The Hall–Kier alpha value is -4.49. The molecule has 0 spiro atoms. The number of hydrogen-bond donors (Lipinski definition) is 3. The Morgan fingerprint density at radius 2 is 1.82 bits per heavy atom. The highest BCUT2D eigenvalue weighted by Crippen LogP contribution is 2.34. The summed E-state index contributed by atoms with van der Waals surface area (Å²) in [4.78, 5) is 13.3. The largest absolute Gasteiger partial charge is 0.435 e. The zero-order chi connectivity index (χ0) is 27.1. The molecule has 1 aliphatic heterocycles. The van der Waals surface area contributed by atoms with E-state index in [1.165, 1.54) is 30.5 Å². The van der Waals surface area contributed by atoms with E-state index >= 15 is 0 Å². The van der Waals surface area contributed by atoms with Crippen molar-refractivity contribution in [3.8, 4) is 16.8 Å². The molecular formula is C25H19F3N6O3S. The highest BCUT2D eigenvalue weighted by Gasteiger charge is 2.36. The molecule has 4 aromatic rings. The van der Waals surface area contributed by atoms with E-state index in [4.69, 9.17) is 5.84 Å². The molecule has 0 aliphatic carbocycles. The normalized spacial score (nSPS) is 14.5. The minimum absolute atomic E-state index is 0.197. The molecule has 0 atom stereocenters. The first-order valence-electron chi connectivity index (χ1n) is 11.1. The molecular weight excluding hydrogens is 521 g/mol. The number of aromatic nitrogens is 2. The third-order valence-corrected chi connectivity index (χ3v) is 7.39. The number of nitrogens with zero attached hydrogens (tertiary/aromatic N) is 3. The first kappa shape index (κ1) is 25.2. The number of anilines is 1. The number of alkyl halides is 3. The summed E-state index contributed by atoms with van der Waals surface area (Å²) in [7, 11) is -3.63. The number of benzene rings is 3. The first-order valence-corrected chi connectivity index (χ1v) is 12.6. The molecule has 0 radical (unpaired) electrons. The number of hydrogen-bond acceptors (Lipinski definition) is 6. The van der Waals surface area contributed by atoms with E-state index in [1.54, 1.807) is 42.5 Å². The van der Waals surface area contributed by atoms with E-state index < -0.39 is 27.8 Å². The maximum absolute atomic E-state index is 13.4. The van der Waals surface area contributed by atoms with E-state index in [2.05, 4.69) is 20.2 Å². The van der Waals surface area contributed by atoms with Crippen molar-refractivity contribution in [3.05, 3.63) is 95.3 Å². The van der Waals surface area contributed by atoms with Gasteiger partial charge in [0.15, 0.2) is 5.69 Å². The van der Waals surface area contributed by atoms with Gasteiger partial charge in [-0.3, -0.25) is 4.79 Å². The van der Waals surface area contributed by atoms with Crippen LogP contribution in [0.3, 0.4) is 0 Å². The van der Waals surface area contributed by atoms with Crippen molar-refractivity contribution in [1.82, 2.24) is 14.5 Å². The number of nitrogens with two attached hydrogens (primary N) is 1. The number of sulfonamides is 1. The molecule has 3 aromatic carbocycles. The average molecular weight is 541 g/mol. The molecule has 1 aliphatic rings. The van der Waals surface area contributed by atoms with Crippen LogP contribution in [-0.4, -0.2) is 30.3 Å². The summed E-state index contributed by atoms with van der Waals surface area (Å²) in [6.45, 7) is 0.204. The number of halogens is 3. The van der Waals surface area contributed by atoms with Crippen molar-refractivity contribution in [1.29, 1.82) is 0 Å². The second-order valence-electron chi connectivity index (χ2n) is 8.35. The molecule has 1 aromatic heterocycles. The van der Waals surface area contributed by atoms with Crippen LogP contribution in [-0.2, 0) is 22.7 Å². The van der Waals surface area contributed by atoms with Gasteiger partial charge in [0.1, 0.15) is 5.69 Å². The third kappa shape index (κ3) is 4.76. The standard InChI is InChI=1S/C25H19F3N6O3S/c26-25(27,28)22-12-21(34(33-22)19-5-1-3-15(11-19)13-30-29)24(35)32-18-9-7-16(8-10-18)20-6-2-4-17-14-31-38(36,37)23(17)20/h1-13,31H,14,29H2,(H,32,35). The smallest absolute Gasteiger partial charge is 0.323 e. The molecule has 0 fully saturated rings. The zero-order valence-corrected chi connectivity index (χ0v) is 20.2. The second kappa shape index (κ2) is 9.43. The van der Waals surface area contributed by atoms with Crippen LogP contribution >= 0.6 is 0 Å². The lowest BCUT2D eigenvalue weighted by atomic mass is 10.0. The monoisotopic (exact) mass is 540 g/mol. The summed E-state index contributed by atoms with van der Waals surface area (Å²) in [5.41, 5.74) is 1.15. The van der Waals surface area contributed by atoms with Crippen LogP contribution in [0, 0.1) is 0 Å². The van der Waals surface area contributed by atoms with Crippen LogP contribution in [0.25, 0.3) is 16.8 Å². The van der Waals surface area contributed by atoms with Crippen molar-refractivity contribution in [3.63, 3.8) is 0 Å². The van der Waals surface area contributed by atoms with Crippen LogP contribution in [0.1, 0.15) is 27.3 Å². The fourth-order valence-corrected chi connectivity index (χ4v) is 5.59. The Labute approximate surface area is 214 Å². The van der Waals surface area contributed by atoms with Crippen LogP contribution < -0.4 is 15.9 Å². The molecule has 1 amide bonds. The molecule has 0 unspecified atom stereocenters. The molecule has 0 saturated heterocycles. The number of fused-ring (bicyclic) bond motifs is 1. The van der Waals surface area contributed by atoms with Crippen molar-refractivity contribution in [2.24, 2.45) is 10.9 Å². The van der Waals surface area contributed by atoms with Crippen LogP contribution in [0.2, 0.25) is 0 Å². The lowest BCUT2D eigenvalue weighted by Gasteiger charge is -2.11. The zero-order valence-electron chi connectivity index (χ0n) is 19.4. The van der Waals surface area contributed by atoms with Gasteiger partial charge < -0.3 is 11.2 Å². The summed E-state index contributed by atoms with van der Waals surface area (Å²) >= 11 is 0. The Balaban J connectivity index is 1.46. The lowest BCUT2D eigenvalue weighted by molar-refractivity contribution is -0.141. The highest BCUT2D eigenvalue weighted by molar-refractivity contribution is 7.90. The fraction of sp³-hybridized carbons (Fsp3) is 0.0800. The molecule has 4 N–H and O–H groups in total. The summed E-state index contributed by atoms with van der Waals surface area (Å²) in [6, 6.07) is 18.3. The Kier molecular flexibility index (Phi) is 6.25. The molecule has 0 bridgehead atoms. The van der Waals surface area contributed by atoms with Crippen molar-refractivity contribution in [2.45, 2.75) is 17.6 Å². The number of nitrogens with one attached hydrogen (secondary N) is 2. The molecule has 9 nitrogen and oxygen atoms in total. The molecule has 13 heteroatoms. The summed E-state index contributed by atoms with van der Waals surface area (Å²) in [6.07, 6.45) is -3.47. The Morgan fingerprint density at radius 1 is 1.08 bits per heavy atom. The number of rotatable bonds is 5. The van der Waals surface area contributed by atoms with Gasteiger partial charge in [-0.15, -0.1) is 0 Å². The van der Waals surface area contributed by atoms with E-state index in [1.807, 2.05) is 0 Å². The van der Waals surface area contributed by atoms with Gasteiger partial charge >= 0.3 is 6.18 Å². The van der Waals surface area contributed by atoms with Crippen LogP contribution in [0.4, 0.5) is 18.9 Å². The summed E-state index contributed by atoms with van der Waals surface area (Å²) in [5, 5.41) is 9.59. The van der Waals surface area contributed by atoms with E-state index in [0.717, 1.165) is 4.68 Å². The highest BCUT2D eigenvalue weighted by atomic mass is 32.2. The minimum Gasteiger partial charge on any atom is -0.323 e. The molecule has 5 rings (SSSR count). The average Bonchev–Trinajstić information content (AvgIpc) is 3.47. The number of carbonyl (C=O) groups excluding carboxylic acids is 1. The SMILES string of the molecule is NN=Cc1cccc(-n2nc(C(F)(F)F)cc2C(=O)Nc2ccc(-c3cccc4c3S(=O)(=O)NC4)cc2)c1. The van der Waals surface area contributed by atoms with Crippen LogP contribution in [0.5, 0.6) is 0 Å².